The van der Waals surface area contributed by atoms with Crippen LogP contribution in [-0.4, -0.2) is 6.54 Å². The smallest absolute Gasteiger partial charge is 0.137 e. The Kier molecular flexibility index (Phi) is 5.62. The van der Waals surface area contributed by atoms with Crippen LogP contribution in [0.15, 0.2) is 46.2 Å². The molecule has 2 aromatic carbocycles. The highest BCUT2D eigenvalue weighted by Crippen LogP contribution is 2.34. The number of hydrogen-bond donors (Lipinski definition) is 1. The van der Waals surface area contributed by atoms with Crippen LogP contribution in [0, 0.1) is 11.6 Å². The molecule has 0 amide bonds. The summed E-state index contributed by atoms with van der Waals surface area (Å²) in [5, 5.41) is 3.90. The lowest BCUT2D eigenvalue weighted by atomic mass is 10.1. The van der Waals surface area contributed by atoms with Crippen molar-refractivity contribution in [2.75, 3.05) is 6.54 Å². The molecule has 0 spiro atoms. The third-order valence-corrected chi connectivity index (χ3v) is 4.42. The van der Waals surface area contributed by atoms with Crippen LogP contribution in [0.1, 0.15) is 25.5 Å². The van der Waals surface area contributed by atoms with Gasteiger partial charge in [0, 0.05) is 16.0 Å². The molecule has 0 aliphatic carbocycles. The van der Waals surface area contributed by atoms with Gasteiger partial charge in [-0.05, 0) is 49.4 Å². The Hall–Kier alpha value is -1.10. The summed E-state index contributed by atoms with van der Waals surface area (Å²) in [6.07, 6.45) is 0. The number of nitrogens with one attached hydrogen (secondary N) is 1. The second kappa shape index (κ2) is 7.25. The van der Waals surface area contributed by atoms with Gasteiger partial charge in [-0.1, -0.05) is 36.4 Å². The molecule has 0 bridgehead atoms. The van der Waals surface area contributed by atoms with Gasteiger partial charge in [0.15, 0.2) is 0 Å². The van der Waals surface area contributed by atoms with E-state index in [0.29, 0.717) is 5.02 Å². The first kappa shape index (κ1) is 16.3. The lowest BCUT2D eigenvalue weighted by Gasteiger charge is -2.15. The fourth-order valence-corrected chi connectivity index (χ4v) is 3.33. The van der Waals surface area contributed by atoms with Crippen molar-refractivity contribution in [3.8, 4) is 0 Å². The van der Waals surface area contributed by atoms with E-state index in [2.05, 4.69) is 5.32 Å². The van der Waals surface area contributed by atoms with Gasteiger partial charge in [0.2, 0.25) is 0 Å². The largest absolute Gasteiger partial charge is 0.310 e. The molecule has 1 N–H and O–H groups in total. The van der Waals surface area contributed by atoms with Crippen LogP contribution < -0.4 is 5.32 Å². The van der Waals surface area contributed by atoms with Gasteiger partial charge in [0.05, 0.1) is 4.90 Å². The molecule has 0 radical (unpaired) electrons. The van der Waals surface area contributed by atoms with Crippen molar-refractivity contribution in [2.45, 2.75) is 29.7 Å². The van der Waals surface area contributed by atoms with Gasteiger partial charge < -0.3 is 5.32 Å². The Labute approximate surface area is 132 Å². The third-order valence-electron chi connectivity index (χ3n) is 3.07. The second-order valence-corrected chi connectivity index (χ2v) is 6.16. The zero-order valence-corrected chi connectivity index (χ0v) is 13.4. The van der Waals surface area contributed by atoms with Gasteiger partial charge in [-0.25, -0.2) is 8.78 Å². The van der Waals surface area contributed by atoms with Crippen LogP contribution in [0.3, 0.4) is 0 Å². The molecule has 0 aliphatic rings. The normalized spacial score (nSPS) is 12.4. The van der Waals surface area contributed by atoms with E-state index in [9.17, 15) is 8.78 Å². The average molecular weight is 328 g/mol. The minimum Gasteiger partial charge on any atom is -0.310 e. The van der Waals surface area contributed by atoms with Crippen molar-refractivity contribution in [2.24, 2.45) is 0 Å². The Morgan fingerprint density at radius 1 is 1.19 bits per heavy atom. The zero-order chi connectivity index (χ0) is 15.4. The molecule has 0 heterocycles. The minimum absolute atomic E-state index is 0.146. The number of hydrogen-bond acceptors (Lipinski definition) is 2. The van der Waals surface area contributed by atoms with Crippen LogP contribution in [0.25, 0.3) is 0 Å². The second-order valence-electron chi connectivity index (χ2n) is 4.64. The third kappa shape index (κ3) is 4.19. The zero-order valence-electron chi connectivity index (χ0n) is 11.8. The highest BCUT2D eigenvalue weighted by molar-refractivity contribution is 7.99. The molecule has 21 heavy (non-hydrogen) atoms. The molecule has 1 nitrogen and oxygen atoms in total. The van der Waals surface area contributed by atoms with Crippen LogP contribution in [0.4, 0.5) is 8.78 Å². The number of benzene rings is 2. The summed E-state index contributed by atoms with van der Waals surface area (Å²) in [7, 11) is 0. The Balaban J connectivity index is 2.22. The number of rotatable bonds is 5. The summed E-state index contributed by atoms with van der Waals surface area (Å²) in [5.41, 5.74) is 0.989. The molecule has 0 saturated heterocycles. The van der Waals surface area contributed by atoms with Crippen molar-refractivity contribution in [3.05, 3.63) is 58.6 Å². The molecule has 0 saturated carbocycles. The SMILES string of the molecule is CCNC(C)c1ccc(Sc2cc(F)ccc2F)cc1Cl. The van der Waals surface area contributed by atoms with Crippen molar-refractivity contribution in [1.29, 1.82) is 0 Å². The van der Waals surface area contributed by atoms with Crippen LogP contribution in [0.5, 0.6) is 0 Å². The topological polar surface area (TPSA) is 12.0 Å². The van der Waals surface area contributed by atoms with E-state index >= 15 is 0 Å². The molecule has 2 rings (SSSR count). The highest BCUT2D eigenvalue weighted by atomic mass is 35.5. The molecule has 1 unspecified atom stereocenters. The molecule has 0 aliphatic heterocycles. The van der Waals surface area contributed by atoms with Crippen LogP contribution in [-0.2, 0) is 0 Å². The fourth-order valence-electron chi connectivity index (χ4n) is 2.02. The van der Waals surface area contributed by atoms with E-state index in [1.807, 2.05) is 26.0 Å². The van der Waals surface area contributed by atoms with Crippen LogP contribution >= 0.6 is 23.4 Å². The van der Waals surface area contributed by atoms with E-state index in [-0.39, 0.29) is 10.9 Å². The van der Waals surface area contributed by atoms with E-state index in [0.717, 1.165) is 40.9 Å². The molecule has 1 atom stereocenters. The Bertz CT molecular complexity index is 634. The maximum absolute atomic E-state index is 13.6. The minimum atomic E-state index is -0.456. The lowest BCUT2D eigenvalue weighted by Crippen LogP contribution is -2.17. The molecular weight excluding hydrogens is 312 g/mol. The van der Waals surface area contributed by atoms with Gasteiger partial charge in [0.1, 0.15) is 11.6 Å². The van der Waals surface area contributed by atoms with Crippen molar-refractivity contribution in [1.82, 2.24) is 5.32 Å². The van der Waals surface area contributed by atoms with Gasteiger partial charge >= 0.3 is 0 Å². The molecule has 0 fully saturated rings. The van der Waals surface area contributed by atoms with Crippen molar-refractivity contribution < 1.29 is 8.78 Å². The van der Waals surface area contributed by atoms with E-state index < -0.39 is 11.6 Å². The molecule has 112 valence electrons. The Morgan fingerprint density at radius 3 is 2.62 bits per heavy atom. The summed E-state index contributed by atoms with van der Waals surface area (Å²) in [4.78, 5) is 1.02. The van der Waals surface area contributed by atoms with Gasteiger partial charge in [-0.15, -0.1) is 0 Å². The first-order valence-corrected chi connectivity index (χ1v) is 7.86. The highest BCUT2D eigenvalue weighted by Gasteiger charge is 2.11. The first-order valence-electron chi connectivity index (χ1n) is 6.67. The lowest BCUT2D eigenvalue weighted by molar-refractivity contribution is 0.577. The fraction of sp³-hybridized carbons (Fsp3) is 0.250. The molecule has 2 aromatic rings. The maximum Gasteiger partial charge on any atom is 0.137 e. The summed E-state index contributed by atoms with van der Waals surface area (Å²) in [6, 6.07) is 9.11. The predicted molar refractivity (Wildman–Crippen MR) is 84.0 cm³/mol. The Morgan fingerprint density at radius 2 is 1.95 bits per heavy atom. The summed E-state index contributed by atoms with van der Waals surface area (Å²) < 4.78 is 26.8. The van der Waals surface area contributed by atoms with Gasteiger partial charge in [-0.2, -0.15) is 0 Å². The summed E-state index contributed by atoms with van der Waals surface area (Å²) >= 11 is 7.43. The standard InChI is InChI=1S/C16H16ClF2NS/c1-3-20-10(2)13-6-5-12(9-14(13)17)21-16-8-11(18)4-7-15(16)19/h4-10,20H,3H2,1-2H3. The monoisotopic (exact) mass is 327 g/mol. The van der Waals surface area contributed by atoms with Gasteiger partial charge in [0.25, 0.3) is 0 Å². The van der Waals surface area contributed by atoms with E-state index in [1.54, 1.807) is 6.07 Å². The molecule has 5 heteroatoms. The first-order chi connectivity index (χ1) is 10.0. The van der Waals surface area contributed by atoms with E-state index in [1.165, 1.54) is 6.07 Å². The molecular formula is C16H16ClF2NS. The van der Waals surface area contributed by atoms with Gasteiger partial charge in [-0.3, -0.25) is 0 Å². The number of halogens is 3. The molecule has 0 aromatic heterocycles. The van der Waals surface area contributed by atoms with E-state index in [4.69, 9.17) is 11.6 Å². The summed E-state index contributed by atoms with van der Waals surface area (Å²) in [6.45, 7) is 4.91. The van der Waals surface area contributed by atoms with Crippen molar-refractivity contribution in [3.63, 3.8) is 0 Å². The quantitative estimate of drug-likeness (QED) is 0.784. The maximum atomic E-state index is 13.6. The van der Waals surface area contributed by atoms with Crippen molar-refractivity contribution >= 4 is 23.4 Å². The summed E-state index contributed by atoms with van der Waals surface area (Å²) in [5.74, 6) is -0.898. The van der Waals surface area contributed by atoms with Crippen LogP contribution in [0.2, 0.25) is 5.02 Å². The predicted octanol–water partition coefficient (Wildman–Crippen LogP) is 5.44. The average Bonchev–Trinajstić information content (AvgIpc) is 2.43.